The highest BCUT2D eigenvalue weighted by molar-refractivity contribution is 5.92. The third-order valence-electron chi connectivity index (χ3n) is 6.64. The summed E-state index contributed by atoms with van der Waals surface area (Å²) in [5.74, 6) is 2.32. The number of ether oxygens (including phenoxy) is 1. The van der Waals surface area contributed by atoms with Crippen molar-refractivity contribution in [3.05, 3.63) is 66.1 Å². The molecule has 0 N–H and O–H groups in total. The van der Waals surface area contributed by atoms with Crippen LogP contribution in [0.4, 0.5) is 0 Å². The maximum absolute atomic E-state index is 6.39. The van der Waals surface area contributed by atoms with E-state index in [2.05, 4.69) is 45.0 Å². The van der Waals surface area contributed by atoms with Gasteiger partial charge in [-0.3, -0.25) is 0 Å². The van der Waals surface area contributed by atoms with E-state index in [1.54, 1.807) is 0 Å². The molecule has 4 heteroatoms. The number of nitrogens with zero attached hydrogens (tertiary/aromatic N) is 2. The molecule has 0 unspecified atom stereocenters. The van der Waals surface area contributed by atoms with Gasteiger partial charge in [-0.2, -0.15) is 0 Å². The van der Waals surface area contributed by atoms with Crippen LogP contribution in [0, 0.1) is 0 Å². The van der Waals surface area contributed by atoms with Crippen molar-refractivity contribution in [2.24, 2.45) is 0 Å². The summed E-state index contributed by atoms with van der Waals surface area (Å²) in [7, 11) is 0. The molecule has 1 aliphatic rings. The van der Waals surface area contributed by atoms with Crippen molar-refractivity contribution in [2.75, 3.05) is 6.61 Å². The van der Waals surface area contributed by atoms with E-state index in [0.717, 1.165) is 52.3 Å². The molecule has 2 heterocycles. The summed E-state index contributed by atoms with van der Waals surface area (Å²) in [6.07, 6.45) is 6.63. The fourth-order valence-electron chi connectivity index (χ4n) is 4.83. The first-order valence-corrected chi connectivity index (χ1v) is 12.1. The van der Waals surface area contributed by atoms with Gasteiger partial charge in [-0.1, -0.05) is 70.0 Å². The number of aromatic nitrogens is 2. The number of hydrogen-bond acceptors (Lipinski definition) is 4. The Kier molecular flexibility index (Phi) is 5.69. The van der Waals surface area contributed by atoms with E-state index < -0.39 is 0 Å². The summed E-state index contributed by atoms with van der Waals surface area (Å²) >= 11 is 0. The molecule has 2 aromatic carbocycles. The highest BCUT2D eigenvalue weighted by atomic mass is 16.5. The third-order valence-corrected chi connectivity index (χ3v) is 6.64. The molecule has 0 aliphatic heterocycles. The van der Waals surface area contributed by atoms with Gasteiger partial charge in [0.15, 0.2) is 0 Å². The second-order valence-electron chi connectivity index (χ2n) is 10.0. The van der Waals surface area contributed by atoms with E-state index in [0.29, 0.717) is 18.2 Å². The normalized spacial score (nSPS) is 14.8. The Hall–Kier alpha value is -3.14. The second-order valence-corrected chi connectivity index (χ2v) is 10.0. The Morgan fingerprint density at radius 1 is 1.00 bits per heavy atom. The summed E-state index contributed by atoms with van der Waals surface area (Å²) in [4.78, 5) is 9.77. The van der Waals surface area contributed by atoms with Gasteiger partial charge in [-0.25, -0.2) is 9.97 Å². The molecule has 0 bridgehead atoms. The Morgan fingerprint density at radius 2 is 1.76 bits per heavy atom. The van der Waals surface area contributed by atoms with Gasteiger partial charge < -0.3 is 9.15 Å². The predicted molar refractivity (Wildman–Crippen MR) is 134 cm³/mol. The van der Waals surface area contributed by atoms with Gasteiger partial charge in [0.2, 0.25) is 5.71 Å². The Labute approximate surface area is 196 Å². The van der Waals surface area contributed by atoms with Crippen molar-refractivity contribution >= 4 is 11.2 Å². The molecule has 4 nitrogen and oxygen atoms in total. The van der Waals surface area contributed by atoms with Gasteiger partial charge in [-0.15, -0.1) is 0 Å². The van der Waals surface area contributed by atoms with Crippen LogP contribution in [0.2, 0.25) is 0 Å². The van der Waals surface area contributed by atoms with Crippen LogP contribution >= 0.6 is 0 Å². The van der Waals surface area contributed by atoms with Crippen LogP contribution in [-0.4, -0.2) is 16.6 Å². The molecular formula is C29H32N2O2. The van der Waals surface area contributed by atoms with E-state index >= 15 is 0 Å². The van der Waals surface area contributed by atoms with Gasteiger partial charge >= 0.3 is 0 Å². The first-order valence-electron chi connectivity index (χ1n) is 12.1. The SMILES string of the molecule is CCOc1cccc(-c2cnc3oc(C4CCCC4)c(-c4ccc(C(C)(C)C)cc4)c3n2)c1. The zero-order valence-electron chi connectivity index (χ0n) is 20.0. The van der Waals surface area contributed by atoms with Crippen molar-refractivity contribution in [3.63, 3.8) is 0 Å². The quantitative estimate of drug-likeness (QED) is 0.316. The standard InChI is InChI=1S/C29H32N2O2/c1-5-32-23-12-8-11-21(17-23)24-18-30-28-26(31-24)25(27(33-28)20-9-6-7-10-20)19-13-15-22(16-14-19)29(2,3)4/h8,11-18,20H,5-7,9-10H2,1-4H3. The number of benzene rings is 2. The fraction of sp³-hybridized carbons (Fsp3) is 0.379. The molecule has 1 saturated carbocycles. The van der Waals surface area contributed by atoms with Gasteiger partial charge in [0, 0.05) is 11.5 Å². The minimum absolute atomic E-state index is 0.115. The summed E-state index contributed by atoms with van der Waals surface area (Å²) in [6, 6.07) is 16.9. The third kappa shape index (κ3) is 4.27. The van der Waals surface area contributed by atoms with E-state index in [1.807, 2.05) is 37.4 Å². The van der Waals surface area contributed by atoms with Crippen LogP contribution in [0.15, 0.2) is 59.1 Å². The van der Waals surface area contributed by atoms with Crippen LogP contribution in [0.5, 0.6) is 5.75 Å². The minimum atomic E-state index is 0.115. The zero-order valence-corrected chi connectivity index (χ0v) is 20.0. The van der Waals surface area contributed by atoms with E-state index in [-0.39, 0.29) is 5.41 Å². The van der Waals surface area contributed by atoms with Crippen molar-refractivity contribution < 1.29 is 9.15 Å². The smallest absolute Gasteiger partial charge is 0.246 e. The highest BCUT2D eigenvalue weighted by Gasteiger charge is 2.28. The topological polar surface area (TPSA) is 48.2 Å². The average molecular weight is 441 g/mol. The van der Waals surface area contributed by atoms with Gasteiger partial charge in [0.1, 0.15) is 17.0 Å². The Balaban J connectivity index is 1.65. The molecule has 2 aromatic heterocycles. The molecule has 1 aliphatic carbocycles. The molecule has 1 fully saturated rings. The number of hydrogen-bond donors (Lipinski definition) is 0. The molecule has 33 heavy (non-hydrogen) atoms. The maximum Gasteiger partial charge on any atom is 0.246 e. The van der Waals surface area contributed by atoms with E-state index in [1.165, 1.54) is 18.4 Å². The van der Waals surface area contributed by atoms with Gasteiger partial charge in [0.05, 0.1) is 24.1 Å². The van der Waals surface area contributed by atoms with Crippen LogP contribution in [-0.2, 0) is 5.41 Å². The predicted octanol–water partition coefficient (Wildman–Crippen LogP) is 7.91. The van der Waals surface area contributed by atoms with Gasteiger partial charge in [0.25, 0.3) is 0 Å². The monoisotopic (exact) mass is 440 g/mol. The molecule has 0 amide bonds. The van der Waals surface area contributed by atoms with E-state index in [9.17, 15) is 0 Å². The summed E-state index contributed by atoms with van der Waals surface area (Å²) < 4.78 is 12.1. The lowest BCUT2D eigenvalue weighted by molar-refractivity contribution is 0.340. The van der Waals surface area contributed by atoms with E-state index in [4.69, 9.17) is 19.1 Å². The molecular weight excluding hydrogens is 408 g/mol. The van der Waals surface area contributed by atoms with Crippen molar-refractivity contribution in [1.82, 2.24) is 9.97 Å². The lowest BCUT2D eigenvalue weighted by atomic mass is 9.86. The minimum Gasteiger partial charge on any atom is -0.494 e. The molecule has 0 saturated heterocycles. The first kappa shape index (κ1) is 21.7. The van der Waals surface area contributed by atoms with Crippen molar-refractivity contribution in [2.45, 2.75) is 64.7 Å². The maximum atomic E-state index is 6.39. The molecule has 170 valence electrons. The second kappa shape index (κ2) is 8.66. The van der Waals surface area contributed by atoms with Crippen LogP contribution in [0.3, 0.4) is 0 Å². The summed E-state index contributed by atoms with van der Waals surface area (Å²) in [6.45, 7) is 9.36. The number of furan rings is 1. The molecule has 0 radical (unpaired) electrons. The molecule has 5 rings (SSSR count). The van der Waals surface area contributed by atoms with Crippen LogP contribution in [0.1, 0.15) is 70.6 Å². The lowest BCUT2D eigenvalue weighted by Gasteiger charge is -2.19. The van der Waals surface area contributed by atoms with Crippen LogP contribution in [0.25, 0.3) is 33.6 Å². The first-order chi connectivity index (χ1) is 15.9. The lowest BCUT2D eigenvalue weighted by Crippen LogP contribution is -2.10. The largest absolute Gasteiger partial charge is 0.494 e. The number of rotatable bonds is 5. The van der Waals surface area contributed by atoms with Gasteiger partial charge in [-0.05, 0) is 48.4 Å². The number of fused-ring (bicyclic) bond motifs is 1. The molecule has 4 aromatic rings. The zero-order chi connectivity index (χ0) is 23.0. The van der Waals surface area contributed by atoms with Crippen molar-refractivity contribution in [3.8, 4) is 28.1 Å². The Bertz CT molecular complexity index is 1260. The van der Waals surface area contributed by atoms with Crippen molar-refractivity contribution in [1.29, 1.82) is 0 Å². The highest BCUT2D eigenvalue weighted by Crippen LogP contribution is 2.44. The average Bonchev–Trinajstić information content (AvgIpc) is 3.46. The van der Waals surface area contributed by atoms with Crippen LogP contribution < -0.4 is 4.74 Å². The summed E-state index contributed by atoms with van der Waals surface area (Å²) in [5.41, 5.74) is 6.98. The molecule has 0 atom stereocenters. The molecule has 0 spiro atoms. The fourth-order valence-corrected chi connectivity index (χ4v) is 4.83. The summed E-state index contributed by atoms with van der Waals surface area (Å²) in [5, 5.41) is 0. The Morgan fingerprint density at radius 3 is 2.45 bits per heavy atom.